The minimum Gasteiger partial charge on any atom is -0.265 e. The Morgan fingerprint density at radius 3 is 1.31 bits per heavy atom. The maximum atomic E-state index is 4.48. The van der Waals surface area contributed by atoms with Crippen LogP contribution in [0.5, 0.6) is 0 Å². The van der Waals surface area contributed by atoms with E-state index in [9.17, 15) is 0 Å². The fourth-order valence-electron chi connectivity index (χ4n) is 16.7. The molecule has 4 fully saturated rings. The van der Waals surface area contributed by atoms with Crippen molar-refractivity contribution in [1.29, 1.82) is 0 Å². The standard InChI is InChI=1S/C75H57NSi/c1-4-18-55(19-5-1)77(56-20-6-2-7-21-56,57-22-8-3-9-23-57)58-36-34-52(35-37-58)71-64-24-10-12-26-66(64)72(67-27-13-11-25-65(67)71)63-32-17-29-60-61(63)30-16-31-62(60)68-39-38-59(51-40-42-76-43-41-51)73-69-28-14-15-33-70(69)75(74(68)73)53-45-49-44-50(47-53)48-54(75)46-49/h1-43,49-50,53-54H,44-48H2. The molecule has 77 heavy (non-hydrogen) atoms. The first kappa shape index (κ1) is 44.8. The van der Waals surface area contributed by atoms with Crippen LogP contribution in [0.25, 0.3) is 88.0 Å². The van der Waals surface area contributed by atoms with Gasteiger partial charge in [-0.3, -0.25) is 4.98 Å². The highest BCUT2D eigenvalue weighted by atomic mass is 28.3. The SMILES string of the molecule is c1ccc([Si](c2ccccc2)(c2ccccc2)c2ccc(-c3c4ccccc4c(-c4cccc5c(-c6ccc(-c7ccncc7)c7c6C6(c8ccccc8-7)C7CC8CC(C7)CC6C8)cccc45)c4ccccc34)cc2)cc1. The van der Waals surface area contributed by atoms with E-state index in [-0.39, 0.29) is 5.41 Å². The predicted molar refractivity (Wildman–Crippen MR) is 325 cm³/mol. The molecule has 1 heterocycles. The van der Waals surface area contributed by atoms with E-state index in [0.717, 1.165) is 11.8 Å². The summed E-state index contributed by atoms with van der Waals surface area (Å²) in [6.45, 7) is 0. The highest BCUT2D eigenvalue weighted by Gasteiger charge is 2.62. The summed E-state index contributed by atoms with van der Waals surface area (Å²) >= 11 is 0. The van der Waals surface area contributed by atoms with E-state index in [4.69, 9.17) is 0 Å². The van der Waals surface area contributed by atoms with Crippen molar-refractivity contribution in [2.45, 2.75) is 37.5 Å². The third-order valence-electron chi connectivity index (χ3n) is 19.3. The number of hydrogen-bond acceptors (Lipinski definition) is 1. The number of benzene rings is 11. The Kier molecular flexibility index (Phi) is 10.2. The highest BCUT2D eigenvalue weighted by Crippen LogP contribution is 2.71. The topological polar surface area (TPSA) is 12.9 Å². The molecule has 12 aromatic rings. The zero-order valence-electron chi connectivity index (χ0n) is 43.1. The van der Waals surface area contributed by atoms with Crippen LogP contribution in [0.15, 0.2) is 261 Å². The lowest BCUT2D eigenvalue weighted by Crippen LogP contribution is -2.74. The Bertz CT molecular complexity index is 4080. The van der Waals surface area contributed by atoms with E-state index in [1.54, 1.807) is 11.1 Å². The van der Waals surface area contributed by atoms with Crippen molar-refractivity contribution in [3.63, 3.8) is 0 Å². The molecule has 0 amide bonds. The smallest absolute Gasteiger partial charge is 0.179 e. The molecule has 0 unspecified atom stereocenters. The minimum atomic E-state index is -2.70. The Morgan fingerprint density at radius 2 is 0.740 bits per heavy atom. The van der Waals surface area contributed by atoms with Crippen LogP contribution in [0.4, 0.5) is 0 Å². The molecule has 1 aromatic heterocycles. The number of aromatic nitrogens is 1. The van der Waals surface area contributed by atoms with Crippen LogP contribution < -0.4 is 20.7 Å². The average Bonchev–Trinajstić information content (AvgIpc) is 3.36. The zero-order chi connectivity index (χ0) is 50.7. The third kappa shape index (κ3) is 6.49. The number of hydrogen-bond donors (Lipinski definition) is 0. The summed E-state index contributed by atoms with van der Waals surface area (Å²) in [5.74, 6) is 3.02. The molecule has 17 rings (SSSR count). The maximum Gasteiger partial charge on any atom is 0.179 e. The van der Waals surface area contributed by atoms with Gasteiger partial charge in [-0.15, -0.1) is 0 Å². The number of nitrogens with zero attached hydrogens (tertiary/aromatic N) is 1. The highest BCUT2D eigenvalue weighted by molar-refractivity contribution is 7.19. The normalized spacial score (nSPS) is 20.0. The Balaban J connectivity index is 0.897. The molecule has 4 bridgehead atoms. The van der Waals surface area contributed by atoms with E-state index in [2.05, 4.69) is 254 Å². The van der Waals surface area contributed by atoms with Gasteiger partial charge in [-0.2, -0.15) is 0 Å². The van der Waals surface area contributed by atoms with Crippen molar-refractivity contribution < 1.29 is 0 Å². The maximum absolute atomic E-state index is 4.48. The quantitative estimate of drug-likeness (QED) is 0.0840. The first-order valence-corrected chi connectivity index (χ1v) is 30.1. The molecule has 11 aromatic carbocycles. The molecular formula is C75H57NSi. The van der Waals surface area contributed by atoms with Crippen molar-refractivity contribution in [3.8, 4) is 55.6 Å². The van der Waals surface area contributed by atoms with Gasteiger partial charge in [0.15, 0.2) is 8.07 Å². The lowest BCUT2D eigenvalue weighted by Gasteiger charge is -2.61. The van der Waals surface area contributed by atoms with E-state index in [0.29, 0.717) is 11.8 Å². The molecule has 4 saturated carbocycles. The Labute approximate surface area is 452 Å². The van der Waals surface area contributed by atoms with Gasteiger partial charge in [0.1, 0.15) is 0 Å². The monoisotopic (exact) mass is 999 g/mol. The zero-order valence-corrected chi connectivity index (χ0v) is 44.1. The van der Waals surface area contributed by atoms with Crippen LogP contribution in [0.1, 0.15) is 43.2 Å². The third-order valence-corrected chi connectivity index (χ3v) is 24.1. The van der Waals surface area contributed by atoms with Gasteiger partial charge < -0.3 is 0 Å². The summed E-state index contributed by atoms with van der Waals surface area (Å²) in [6, 6.07) is 95.2. The summed E-state index contributed by atoms with van der Waals surface area (Å²) in [5.41, 5.74) is 16.5. The van der Waals surface area contributed by atoms with Crippen LogP contribution >= 0.6 is 0 Å². The van der Waals surface area contributed by atoms with Gasteiger partial charge in [0.25, 0.3) is 0 Å². The fourth-order valence-corrected chi connectivity index (χ4v) is 21.5. The molecule has 0 N–H and O–H groups in total. The van der Waals surface area contributed by atoms with Gasteiger partial charge in [-0.25, -0.2) is 0 Å². The van der Waals surface area contributed by atoms with Crippen LogP contribution in [0, 0.1) is 23.7 Å². The molecule has 0 aliphatic heterocycles. The summed E-state index contributed by atoms with van der Waals surface area (Å²) in [7, 11) is -2.70. The second-order valence-electron chi connectivity index (χ2n) is 22.8. The molecule has 366 valence electrons. The molecule has 0 radical (unpaired) electrons. The van der Waals surface area contributed by atoms with Crippen molar-refractivity contribution >= 4 is 61.1 Å². The number of rotatable bonds is 8. The molecular weight excluding hydrogens is 943 g/mol. The van der Waals surface area contributed by atoms with Crippen LogP contribution in [0.2, 0.25) is 0 Å². The van der Waals surface area contributed by atoms with Gasteiger partial charge in [0.2, 0.25) is 0 Å². The number of fused-ring (bicyclic) bond motifs is 6. The first-order chi connectivity index (χ1) is 38.2. The molecule has 5 aliphatic rings. The van der Waals surface area contributed by atoms with Gasteiger partial charge in [-0.05, 0) is 188 Å². The van der Waals surface area contributed by atoms with E-state index in [1.807, 2.05) is 12.4 Å². The van der Waals surface area contributed by atoms with Crippen LogP contribution in [-0.4, -0.2) is 13.1 Å². The fraction of sp³-hybridized carbons (Fsp3) is 0.133. The summed E-state index contributed by atoms with van der Waals surface area (Å²) < 4.78 is 0. The summed E-state index contributed by atoms with van der Waals surface area (Å²) in [4.78, 5) is 4.48. The second-order valence-corrected chi connectivity index (χ2v) is 26.6. The van der Waals surface area contributed by atoms with Gasteiger partial charge in [0.05, 0.1) is 0 Å². The van der Waals surface area contributed by atoms with Gasteiger partial charge >= 0.3 is 0 Å². The largest absolute Gasteiger partial charge is 0.265 e. The Morgan fingerprint density at radius 1 is 0.299 bits per heavy atom. The van der Waals surface area contributed by atoms with Crippen molar-refractivity contribution in [2.24, 2.45) is 23.7 Å². The van der Waals surface area contributed by atoms with E-state index < -0.39 is 8.07 Å². The molecule has 0 saturated heterocycles. The van der Waals surface area contributed by atoms with E-state index in [1.165, 1.54) is 141 Å². The lowest BCUT2D eigenvalue weighted by molar-refractivity contribution is -0.0397. The average molecular weight is 1000 g/mol. The molecule has 5 aliphatic carbocycles. The molecule has 1 spiro atoms. The predicted octanol–water partition coefficient (Wildman–Crippen LogP) is 16.3. The first-order valence-electron chi connectivity index (χ1n) is 28.1. The Hall–Kier alpha value is -8.43. The van der Waals surface area contributed by atoms with Crippen LogP contribution in [-0.2, 0) is 5.41 Å². The van der Waals surface area contributed by atoms with E-state index >= 15 is 0 Å². The summed E-state index contributed by atoms with van der Waals surface area (Å²) in [6.07, 6.45) is 10.7. The van der Waals surface area contributed by atoms with Crippen LogP contribution in [0.3, 0.4) is 0 Å². The second kappa shape index (κ2) is 17.6. The van der Waals surface area contributed by atoms with Gasteiger partial charge in [0, 0.05) is 17.8 Å². The van der Waals surface area contributed by atoms with Crippen molar-refractivity contribution in [3.05, 3.63) is 272 Å². The molecule has 1 nitrogen and oxygen atoms in total. The van der Waals surface area contributed by atoms with Crippen molar-refractivity contribution in [1.82, 2.24) is 4.98 Å². The lowest BCUT2D eigenvalue weighted by atomic mass is 9.42. The van der Waals surface area contributed by atoms with Gasteiger partial charge in [-0.1, -0.05) is 237 Å². The molecule has 0 atom stereocenters. The molecule has 2 heteroatoms. The number of pyridine rings is 1. The minimum absolute atomic E-state index is 0.00768. The van der Waals surface area contributed by atoms with Crippen molar-refractivity contribution in [2.75, 3.05) is 0 Å². The summed E-state index contributed by atoms with van der Waals surface area (Å²) in [5, 5.41) is 13.2.